The number of benzene rings is 1. The Morgan fingerprint density at radius 1 is 1.29 bits per heavy atom. The van der Waals surface area contributed by atoms with Crippen molar-refractivity contribution in [1.29, 1.82) is 0 Å². The summed E-state index contributed by atoms with van der Waals surface area (Å²) in [5.41, 5.74) is -0.902. The summed E-state index contributed by atoms with van der Waals surface area (Å²) in [5.74, 6) is 4.57. The highest BCUT2D eigenvalue weighted by molar-refractivity contribution is 5.92. The first-order valence-electron chi connectivity index (χ1n) is 6.76. The lowest BCUT2D eigenvalue weighted by Gasteiger charge is -2.05. The van der Waals surface area contributed by atoms with Gasteiger partial charge in [-0.25, -0.2) is 4.68 Å². The monoisotopic (exact) mass is 335 g/mol. The fourth-order valence-electron chi connectivity index (χ4n) is 1.76. The summed E-state index contributed by atoms with van der Waals surface area (Å²) >= 11 is 0. The second kappa shape index (κ2) is 7.00. The third-order valence-electron chi connectivity index (χ3n) is 2.95. The molecule has 8 heteroatoms. The van der Waals surface area contributed by atoms with Crippen LogP contribution in [0.15, 0.2) is 41.2 Å². The highest BCUT2D eigenvalue weighted by atomic mass is 19.4. The van der Waals surface area contributed by atoms with E-state index >= 15 is 0 Å². The Hall–Kier alpha value is -3.08. The van der Waals surface area contributed by atoms with Gasteiger partial charge in [-0.15, -0.1) is 0 Å². The number of nitrogens with one attached hydrogen (secondary N) is 1. The van der Waals surface area contributed by atoms with E-state index in [9.17, 15) is 22.8 Å². The van der Waals surface area contributed by atoms with Crippen LogP contribution in [0.2, 0.25) is 0 Å². The van der Waals surface area contributed by atoms with E-state index in [0.717, 1.165) is 16.8 Å². The summed E-state index contributed by atoms with van der Waals surface area (Å²) < 4.78 is 38.7. The van der Waals surface area contributed by atoms with Crippen molar-refractivity contribution in [3.8, 4) is 11.8 Å². The molecule has 1 aromatic heterocycles. The largest absolute Gasteiger partial charge is 0.416 e. The average molecular weight is 335 g/mol. The molecule has 0 spiro atoms. The molecule has 24 heavy (non-hydrogen) atoms. The Bertz CT molecular complexity index is 876. The molecule has 1 amide bonds. The number of aryl methyl sites for hydroxylation is 1. The Kier molecular flexibility index (Phi) is 5.04. The third-order valence-corrected chi connectivity index (χ3v) is 2.95. The molecule has 1 N–H and O–H groups in total. The van der Waals surface area contributed by atoms with Crippen LogP contribution in [0.3, 0.4) is 0 Å². The fraction of sp³-hybridized carbons (Fsp3) is 0.188. The van der Waals surface area contributed by atoms with Gasteiger partial charge in [-0.2, -0.15) is 18.3 Å². The van der Waals surface area contributed by atoms with Crippen molar-refractivity contribution in [1.82, 2.24) is 15.1 Å². The maximum Gasteiger partial charge on any atom is 0.416 e. The second-order valence-corrected chi connectivity index (χ2v) is 4.74. The minimum Gasteiger partial charge on any atom is -0.340 e. The van der Waals surface area contributed by atoms with Gasteiger partial charge < -0.3 is 5.32 Å². The molecule has 124 valence electrons. The standard InChI is InChI=1S/C16H12F3N3O2/c1-22-14(23)8-7-13(21-22)15(24)20-9-3-5-11-4-2-6-12(10-11)16(17,18)19/h2,4,6-8,10H,9H2,1H3,(H,20,24). The van der Waals surface area contributed by atoms with Crippen LogP contribution in [0.25, 0.3) is 0 Å². The maximum absolute atomic E-state index is 12.6. The van der Waals surface area contributed by atoms with Gasteiger partial charge in [0.15, 0.2) is 0 Å². The van der Waals surface area contributed by atoms with Gasteiger partial charge >= 0.3 is 6.18 Å². The molecule has 5 nitrogen and oxygen atoms in total. The number of amides is 1. The molecule has 0 aliphatic carbocycles. The molecule has 0 radical (unpaired) electrons. The van der Waals surface area contributed by atoms with Gasteiger partial charge in [0.05, 0.1) is 12.1 Å². The first-order valence-corrected chi connectivity index (χ1v) is 6.76. The van der Waals surface area contributed by atoms with Gasteiger partial charge in [0, 0.05) is 18.7 Å². The summed E-state index contributed by atoms with van der Waals surface area (Å²) in [6.07, 6.45) is -4.43. The highest BCUT2D eigenvalue weighted by Gasteiger charge is 2.30. The summed E-state index contributed by atoms with van der Waals surface area (Å²) in [4.78, 5) is 23.0. The molecule has 0 fully saturated rings. The third kappa shape index (κ3) is 4.46. The predicted octanol–water partition coefficient (Wildman–Crippen LogP) is 1.58. The van der Waals surface area contributed by atoms with Crippen LogP contribution < -0.4 is 10.9 Å². The zero-order valence-electron chi connectivity index (χ0n) is 12.5. The van der Waals surface area contributed by atoms with Gasteiger partial charge in [0.1, 0.15) is 5.69 Å². The zero-order chi connectivity index (χ0) is 17.7. The van der Waals surface area contributed by atoms with E-state index in [-0.39, 0.29) is 23.4 Å². The van der Waals surface area contributed by atoms with Crippen molar-refractivity contribution in [2.45, 2.75) is 6.18 Å². The van der Waals surface area contributed by atoms with E-state index in [2.05, 4.69) is 22.3 Å². The van der Waals surface area contributed by atoms with Crippen molar-refractivity contribution < 1.29 is 18.0 Å². The lowest BCUT2D eigenvalue weighted by molar-refractivity contribution is -0.137. The molecule has 2 rings (SSSR count). The topological polar surface area (TPSA) is 64.0 Å². The highest BCUT2D eigenvalue weighted by Crippen LogP contribution is 2.29. The van der Waals surface area contributed by atoms with Crippen molar-refractivity contribution in [2.24, 2.45) is 7.05 Å². The molecule has 0 aliphatic rings. The molecule has 0 aliphatic heterocycles. The molecule has 1 heterocycles. The van der Waals surface area contributed by atoms with Crippen molar-refractivity contribution in [2.75, 3.05) is 6.54 Å². The molecule has 0 atom stereocenters. The lowest BCUT2D eigenvalue weighted by atomic mass is 10.1. The lowest BCUT2D eigenvalue weighted by Crippen LogP contribution is -2.28. The van der Waals surface area contributed by atoms with Crippen LogP contribution in [0.4, 0.5) is 13.2 Å². The smallest absolute Gasteiger partial charge is 0.340 e. The molecule has 1 aromatic carbocycles. The van der Waals surface area contributed by atoms with Gasteiger partial charge in [-0.3, -0.25) is 9.59 Å². The molecular formula is C16H12F3N3O2. The van der Waals surface area contributed by atoms with E-state index in [1.165, 1.54) is 31.3 Å². The van der Waals surface area contributed by atoms with E-state index in [4.69, 9.17) is 0 Å². The van der Waals surface area contributed by atoms with Gasteiger partial charge in [-0.05, 0) is 24.3 Å². The van der Waals surface area contributed by atoms with Crippen LogP contribution in [0.1, 0.15) is 21.6 Å². The second-order valence-electron chi connectivity index (χ2n) is 4.74. The van der Waals surface area contributed by atoms with Crippen LogP contribution in [0.5, 0.6) is 0 Å². The predicted molar refractivity (Wildman–Crippen MR) is 80.1 cm³/mol. The Morgan fingerprint density at radius 3 is 2.71 bits per heavy atom. The summed E-state index contributed by atoms with van der Waals surface area (Å²) in [6.45, 7) is -0.0698. The van der Waals surface area contributed by atoms with Crippen LogP contribution in [-0.4, -0.2) is 22.2 Å². The van der Waals surface area contributed by atoms with Crippen LogP contribution in [-0.2, 0) is 13.2 Å². The Labute approximate surface area is 135 Å². The number of hydrogen-bond donors (Lipinski definition) is 1. The molecule has 0 saturated heterocycles. The van der Waals surface area contributed by atoms with E-state index in [1.807, 2.05) is 0 Å². The summed E-state index contributed by atoms with van der Waals surface area (Å²) in [6, 6.07) is 7.08. The summed E-state index contributed by atoms with van der Waals surface area (Å²) in [7, 11) is 1.41. The maximum atomic E-state index is 12.6. The number of aromatic nitrogens is 2. The number of carbonyl (C=O) groups excluding carboxylic acids is 1. The first kappa shape index (κ1) is 17.3. The zero-order valence-corrected chi connectivity index (χ0v) is 12.5. The quantitative estimate of drug-likeness (QED) is 0.848. The van der Waals surface area contributed by atoms with E-state index in [1.54, 1.807) is 0 Å². The van der Waals surface area contributed by atoms with Crippen LogP contribution >= 0.6 is 0 Å². The Balaban J connectivity index is 2.00. The van der Waals surface area contributed by atoms with Crippen molar-refractivity contribution in [3.63, 3.8) is 0 Å². The minimum atomic E-state index is -4.43. The SMILES string of the molecule is Cn1nc(C(=O)NCC#Cc2cccc(C(F)(F)F)c2)ccc1=O. The number of halogens is 3. The number of hydrogen-bond acceptors (Lipinski definition) is 3. The average Bonchev–Trinajstić information content (AvgIpc) is 2.53. The minimum absolute atomic E-state index is 0.0398. The van der Waals surface area contributed by atoms with Crippen molar-refractivity contribution in [3.05, 3.63) is 63.6 Å². The van der Waals surface area contributed by atoms with Gasteiger partial charge in [-0.1, -0.05) is 17.9 Å². The first-order chi connectivity index (χ1) is 11.3. The van der Waals surface area contributed by atoms with Gasteiger partial charge in [0.2, 0.25) is 0 Å². The number of alkyl halides is 3. The summed E-state index contributed by atoms with van der Waals surface area (Å²) in [5, 5.41) is 6.22. The molecular weight excluding hydrogens is 323 g/mol. The number of nitrogens with zero attached hydrogens (tertiary/aromatic N) is 2. The normalized spacial score (nSPS) is 10.7. The molecule has 2 aromatic rings. The molecule has 0 saturated carbocycles. The number of rotatable bonds is 2. The molecule has 0 bridgehead atoms. The fourth-order valence-corrected chi connectivity index (χ4v) is 1.76. The van der Waals surface area contributed by atoms with E-state index in [0.29, 0.717) is 0 Å². The van der Waals surface area contributed by atoms with E-state index < -0.39 is 17.6 Å². The van der Waals surface area contributed by atoms with Crippen molar-refractivity contribution >= 4 is 5.91 Å². The van der Waals surface area contributed by atoms with Gasteiger partial charge in [0.25, 0.3) is 11.5 Å². The Morgan fingerprint density at radius 2 is 2.04 bits per heavy atom. The van der Waals surface area contributed by atoms with Crippen LogP contribution in [0, 0.1) is 11.8 Å². The molecule has 0 unspecified atom stereocenters. The number of carbonyl (C=O) groups is 1.